The van der Waals surface area contributed by atoms with Crippen LogP contribution in [0.25, 0.3) is 0 Å². The second kappa shape index (κ2) is 4.69. The van der Waals surface area contributed by atoms with Crippen molar-refractivity contribution in [3.63, 3.8) is 0 Å². The Kier molecular flexibility index (Phi) is 3.39. The molecule has 0 aliphatic carbocycles. The Hall–Kier alpha value is -1.42. The highest BCUT2D eigenvalue weighted by atomic mass is 19.1. The molecular formula is C14H18FNO2. The van der Waals surface area contributed by atoms with E-state index in [9.17, 15) is 9.18 Å². The Balaban J connectivity index is 2.15. The van der Waals surface area contributed by atoms with Crippen LogP contribution in [0.4, 0.5) is 4.39 Å². The molecule has 0 aromatic heterocycles. The molecule has 0 atom stereocenters. The van der Waals surface area contributed by atoms with Crippen molar-refractivity contribution in [1.82, 2.24) is 4.90 Å². The largest absolute Gasteiger partial charge is 0.494 e. The van der Waals surface area contributed by atoms with Gasteiger partial charge in [-0.05, 0) is 31.5 Å². The number of likely N-dealkylation sites (tertiary alicyclic amines) is 1. The molecule has 98 valence electrons. The molecule has 3 nitrogen and oxygen atoms in total. The number of hydrogen-bond acceptors (Lipinski definition) is 3. The topological polar surface area (TPSA) is 29.5 Å². The third-order valence-corrected chi connectivity index (χ3v) is 3.67. The molecule has 0 unspecified atom stereocenters. The van der Waals surface area contributed by atoms with Gasteiger partial charge in [0.15, 0.2) is 17.3 Å². The molecule has 1 aromatic rings. The number of benzene rings is 1. The zero-order chi connectivity index (χ0) is 13.3. The van der Waals surface area contributed by atoms with Crippen molar-refractivity contribution in [1.29, 1.82) is 0 Å². The van der Waals surface area contributed by atoms with Crippen LogP contribution in [0, 0.1) is 5.82 Å². The van der Waals surface area contributed by atoms with E-state index >= 15 is 0 Å². The number of ketones is 1. The molecule has 0 bridgehead atoms. The first-order valence-electron chi connectivity index (χ1n) is 6.06. The van der Waals surface area contributed by atoms with E-state index in [1.165, 1.54) is 13.2 Å². The molecule has 1 aliphatic heterocycles. The van der Waals surface area contributed by atoms with Gasteiger partial charge in [0.2, 0.25) is 0 Å². The van der Waals surface area contributed by atoms with E-state index in [1.807, 2.05) is 19.9 Å². The molecular weight excluding hydrogens is 233 g/mol. The van der Waals surface area contributed by atoms with Crippen LogP contribution in [0.5, 0.6) is 5.75 Å². The van der Waals surface area contributed by atoms with Gasteiger partial charge in [-0.2, -0.15) is 0 Å². The molecule has 1 heterocycles. The van der Waals surface area contributed by atoms with Crippen LogP contribution in [0.2, 0.25) is 0 Å². The molecule has 2 rings (SSSR count). The van der Waals surface area contributed by atoms with Gasteiger partial charge in [0.05, 0.1) is 12.6 Å². The summed E-state index contributed by atoms with van der Waals surface area (Å²) >= 11 is 0. The van der Waals surface area contributed by atoms with Gasteiger partial charge < -0.3 is 4.74 Å². The number of nitrogens with zero attached hydrogens (tertiary/aromatic N) is 1. The van der Waals surface area contributed by atoms with E-state index in [1.54, 1.807) is 6.07 Å². The third-order valence-electron chi connectivity index (χ3n) is 3.67. The molecule has 0 amide bonds. The van der Waals surface area contributed by atoms with Crippen LogP contribution < -0.4 is 4.74 Å². The van der Waals surface area contributed by atoms with E-state index in [0.717, 1.165) is 12.1 Å². The molecule has 1 aliphatic rings. The maximum Gasteiger partial charge on any atom is 0.165 e. The Morgan fingerprint density at radius 2 is 2.17 bits per heavy atom. The highest BCUT2D eigenvalue weighted by Crippen LogP contribution is 2.28. The summed E-state index contributed by atoms with van der Waals surface area (Å²) in [5.74, 6) is 0.130. The molecule has 18 heavy (non-hydrogen) atoms. The summed E-state index contributed by atoms with van der Waals surface area (Å²) in [6.07, 6.45) is 0.575. The molecule has 1 aromatic carbocycles. The monoisotopic (exact) mass is 251 g/mol. The summed E-state index contributed by atoms with van der Waals surface area (Å²) < 4.78 is 18.5. The number of carbonyl (C=O) groups excluding carboxylic acids is 1. The zero-order valence-electron chi connectivity index (χ0n) is 11.0. The molecule has 4 heteroatoms. The molecule has 0 radical (unpaired) electrons. The van der Waals surface area contributed by atoms with E-state index in [0.29, 0.717) is 13.0 Å². The number of carbonyl (C=O) groups is 1. The first-order chi connectivity index (χ1) is 8.45. The number of methoxy groups -OCH3 is 1. The molecule has 0 spiro atoms. The third kappa shape index (κ3) is 2.25. The fourth-order valence-electron chi connectivity index (χ4n) is 2.30. The highest BCUT2D eigenvalue weighted by Gasteiger charge is 2.39. The van der Waals surface area contributed by atoms with Crippen LogP contribution >= 0.6 is 0 Å². The number of halogens is 1. The van der Waals surface area contributed by atoms with E-state index in [2.05, 4.69) is 4.90 Å². The minimum atomic E-state index is -0.448. The standard InChI is InChI=1S/C14H18FNO2/c1-14(2)13(17)6-7-16(14)9-10-4-5-12(18-3)11(15)8-10/h4-5,8H,6-7,9H2,1-3H3. The van der Waals surface area contributed by atoms with E-state index in [4.69, 9.17) is 4.74 Å². The van der Waals surface area contributed by atoms with Crippen LogP contribution in [-0.4, -0.2) is 29.9 Å². The van der Waals surface area contributed by atoms with Gasteiger partial charge in [-0.25, -0.2) is 4.39 Å². The second-order valence-electron chi connectivity index (χ2n) is 5.12. The van der Waals surface area contributed by atoms with Crippen LogP contribution in [0.1, 0.15) is 25.8 Å². The van der Waals surface area contributed by atoms with Gasteiger partial charge in [0.25, 0.3) is 0 Å². The summed E-state index contributed by atoms with van der Waals surface area (Å²) in [7, 11) is 1.44. The minimum Gasteiger partial charge on any atom is -0.494 e. The average Bonchev–Trinajstić information content (AvgIpc) is 2.56. The summed E-state index contributed by atoms with van der Waals surface area (Å²) in [5.41, 5.74) is 0.409. The number of rotatable bonds is 3. The lowest BCUT2D eigenvalue weighted by atomic mass is 10.00. The normalized spacial score (nSPS) is 19.2. The van der Waals surface area contributed by atoms with Crippen molar-refractivity contribution in [2.24, 2.45) is 0 Å². The Bertz CT molecular complexity index is 471. The lowest BCUT2D eigenvalue weighted by molar-refractivity contribution is -0.123. The van der Waals surface area contributed by atoms with E-state index in [-0.39, 0.29) is 17.3 Å². The van der Waals surface area contributed by atoms with Crippen molar-refractivity contribution >= 4 is 5.78 Å². The van der Waals surface area contributed by atoms with Crippen LogP contribution in [0.3, 0.4) is 0 Å². The van der Waals surface area contributed by atoms with Gasteiger partial charge in [0.1, 0.15) is 0 Å². The Morgan fingerprint density at radius 1 is 1.44 bits per heavy atom. The van der Waals surface area contributed by atoms with Gasteiger partial charge in [-0.3, -0.25) is 9.69 Å². The maximum atomic E-state index is 13.6. The predicted octanol–water partition coefficient (Wildman–Crippen LogP) is 2.39. The van der Waals surface area contributed by atoms with Gasteiger partial charge in [-0.15, -0.1) is 0 Å². The highest BCUT2D eigenvalue weighted by molar-refractivity contribution is 5.89. The number of hydrogen-bond donors (Lipinski definition) is 0. The minimum absolute atomic E-state index is 0.246. The molecule has 1 saturated heterocycles. The predicted molar refractivity (Wildman–Crippen MR) is 67.1 cm³/mol. The average molecular weight is 251 g/mol. The van der Waals surface area contributed by atoms with Gasteiger partial charge >= 0.3 is 0 Å². The molecule has 0 saturated carbocycles. The first kappa shape index (κ1) is 13.0. The summed E-state index contributed by atoms with van der Waals surface area (Å²) in [6.45, 7) is 5.16. The second-order valence-corrected chi connectivity index (χ2v) is 5.12. The summed E-state index contributed by atoms with van der Waals surface area (Å²) in [4.78, 5) is 13.8. The maximum absolute atomic E-state index is 13.6. The van der Waals surface area contributed by atoms with Gasteiger partial charge in [0, 0.05) is 19.5 Å². The van der Waals surface area contributed by atoms with Gasteiger partial charge in [-0.1, -0.05) is 6.07 Å². The molecule has 1 fully saturated rings. The summed E-state index contributed by atoms with van der Waals surface area (Å²) in [6, 6.07) is 4.92. The quantitative estimate of drug-likeness (QED) is 0.826. The lowest BCUT2D eigenvalue weighted by Gasteiger charge is -2.29. The van der Waals surface area contributed by atoms with E-state index < -0.39 is 5.54 Å². The fraction of sp³-hybridized carbons (Fsp3) is 0.500. The first-order valence-corrected chi connectivity index (χ1v) is 6.06. The van der Waals surface area contributed by atoms with Crippen LogP contribution in [0.15, 0.2) is 18.2 Å². The SMILES string of the molecule is COc1ccc(CN2CCC(=O)C2(C)C)cc1F. The Labute approximate surface area is 107 Å². The number of Topliss-reactive ketones (excluding diaryl/α,β-unsaturated/α-hetero) is 1. The fourth-order valence-corrected chi connectivity index (χ4v) is 2.30. The Morgan fingerprint density at radius 3 is 2.67 bits per heavy atom. The van der Waals surface area contributed by atoms with Crippen LogP contribution in [-0.2, 0) is 11.3 Å². The van der Waals surface area contributed by atoms with Crippen molar-refractivity contribution in [2.45, 2.75) is 32.4 Å². The lowest BCUT2D eigenvalue weighted by Crippen LogP contribution is -2.42. The summed E-state index contributed by atoms with van der Waals surface area (Å²) in [5, 5.41) is 0. The number of ether oxygens (including phenoxy) is 1. The smallest absolute Gasteiger partial charge is 0.165 e. The zero-order valence-corrected chi connectivity index (χ0v) is 11.0. The van der Waals surface area contributed by atoms with Crippen molar-refractivity contribution in [3.05, 3.63) is 29.6 Å². The van der Waals surface area contributed by atoms with Crippen molar-refractivity contribution in [2.75, 3.05) is 13.7 Å². The van der Waals surface area contributed by atoms with Crippen molar-refractivity contribution < 1.29 is 13.9 Å². The molecule has 0 N–H and O–H groups in total. The van der Waals surface area contributed by atoms with Crippen molar-refractivity contribution in [3.8, 4) is 5.75 Å².